The van der Waals surface area contributed by atoms with E-state index in [1.54, 1.807) is 24.3 Å². The fourth-order valence-electron chi connectivity index (χ4n) is 4.90. The van der Waals surface area contributed by atoms with E-state index in [-0.39, 0.29) is 17.2 Å². The van der Waals surface area contributed by atoms with E-state index in [2.05, 4.69) is 16.6 Å². The quantitative estimate of drug-likeness (QED) is 0.296. The summed E-state index contributed by atoms with van der Waals surface area (Å²) in [5.74, 6) is 2.07. The number of carbonyl (C=O) groups is 2. The molecule has 8 heteroatoms. The molecule has 1 heterocycles. The van der Waals surface area contributed by atoms with Gasteiger partial charge in [0.1, 0.15) is 22.4 Å². The van der Waals surface area contributed by atoms with Gasteiger partial charge in [0.15, 0.2) is 5.76 Å². The molecule has 0 atom stereocenters. The summed E-state index contributed by atoms with van der Waals surface area (Å²) in [4.78, 5) is 26.5. The van der Waals surface area contributed by atoms with Gasteiger partial charge in [-0.3, -0.25) is 15.0 Å². The molecule has 2 aliphatic carbocycles. The minimum absolute atomic E-state index is 0.101. The van der Waals surface area contributed by atoms with Gasteiger partial charge in [-0.25, -0.2) is 8.78 Å². The average Bonchev–Trinajstić information content (AvgIpc) is 3.55. The molecule has 3 N–H and O–H groups in total. The molecule has 2 saturated carbocycles. The van der Waals surface area contributed by atoms with Crippen molar-refractivity contribution >= 4 is 28.5 Å². The summed E-state index contributed by atoms with van der Waals surface area (Å²) >= 11 is 0. The van der Waals surface area contributed by atoms with Crippen LogP contribution in [0.25, 0.3) is 22.1 Å². The Morgan fingerprint density at radius 1 is 0.946 bits per heavy atom. The van der Waals surface area contributed by atoms with Crippen LogP contribution in [0, 0.1) is 17.8 Å². The first kappa shape index (κ1) is 24.7. The first-order valence-electron chi connectivity index (χ1n) is 12.4. The summed E-state index contributed by atoms with van der Waals surface area (Å²) in [5, 5.41) is 14.1. The number of furan rings is 1. The largest absolute Gasteiger partial charge is 0.451 e. The number of carbonyl (C=O) groups excluding carboxylic acids is 2. The van der Waals surface area contributed by atoms with E-state index in [1.807, 2.05) is 12.1 Å². The maximum atomic E-state index is 13.3. The predicted octanol–water partition coefficient (Wildman–Crippen LogP) is 5.45. The van der Waals surface area contributed by atoms with Crippen molar-refractivity contribution in [1.29, 1.82) is 5.41 Å². The Balaban J connectivity index is 1.36. The molecule has 2 amide bonds. The third-order valence-corrected chi connectivity index (χ3v) is 7.36. The molecular weight excluding hydrogens is 476 g/mol. The standard InChI is InChI=1S/C29H27F2N3O3/c1-2-28(14-15-28)34-27(36)29(12-4-3-5-13-29)33-26(35)23-17-21-11-10-20(16-22(21)37-23)18-6-8-19(9-7-18)24(32)25(30)31/h1,6-11,16-17,25,32H,3-5,12-15H2,(H,33,35)(H,34,36). The maximum Gasteiger partial charge on any atom is 0.287 e. The number of rotatable bonds is 7. The van der Waals surface area contributed by atoms with Crippen molar-refractivity contribution < 1.29 is 22.8 Å². The highest BCUT2D eigenvalue weighted by Crippen LogP contribution is 2.37. The van der Waals surface area contributed by atoms with Gasteiger partial charge in [0.2, 0.25) is 5.91 Å². The second kappa shape index (κ2) is 9.47. The van der Waals surface area contributed by atoms with Crippen molar-refractivity contribution in [2.75, 3.05) is 0 Å². The Hall–Kier alpha value is -3.99. The van der Waals surface area contributed by atoms with E-state index in [1.165, 1.54) is 12.1 Å². The lowest BCUT2D eigenvalue weighted by molar-refractivity contribution is -0.129. The van der Waals surface area contributed by atoms with Gasteiger partial charge >= 0.3 is 0 Å². The number of fused-ring (bicyclic) bond motifs is 1. The minimum atomic E-state index is -2.83. The normalized spacial score (nSPS) is 17.7. The van der Waals surface area contributed by atoms with Crippen molar-refractivity contribution in [3.8, 4) is 23.5 Å². The zero-order valence-electron chi connectivity index (χ0n) is 20.2. The van der Waals surface area contributed by atoms with Crippen LogP contribution in [0.5, 0.6) is 0 Å². The first-order valence-corrected chi connectivity index (χ1v) is 12.4. The third kappa shape index (κ3) is 4.86. The smallest absolute Gasteiger partial charge is 0.287 e. The predicted molar refractivity (Wildman–Crippen MR) is 137 cm³/mol. The van der Waals surface area contributed by atoms with Crippen LogP contribution < -0.4 is 10.6 Å². The molecule has 5 rings (SSSR count). The Morgan fingerprint density at radius 2 is 1.62 bits per heavy atom. The van der Waals surface area contributed by atoms with Gasteiger partial charge in [-0.15, -0.1) is 6.42 Å². The molecule has 0 saturated heterocycles. The van der Waals surface area contributed by atoms with Crippen molar-refractivity contribution in [3.05, 3.63) is 59.9 Å². The second-order valence-corrected chi connectivity index (χ2v) is 9.93. The Labute approximate surface area is 213 Å². The van der Waals surface area contributed by atoms with Crippen LogP contribution in [-0.2, 0) is 4.79 Å². The summed E-state index contributed by atoms with van der Waals surface area (Å²) in [5.41, 5.74) is -0.170. The molecule has 2 aliphatic rings. The van der Waals surface area contributed by atoms with Crippen LogP contribution in [0.2, 0.25) is 0 Å². The van der Waals surface area contributed by atoms with Crippen molar-refractivity contribution in [2.45, 2.75) is 62.4 Å². The molecule has 0 unspecified atom stereocenters. The molecule has 2 aromatic carbocycles. The summed E-state index contributed by atoms with van der Waals surface area (Å²) in [6, 6.07) is 13.4. The number of halogens is 2. The number of nitrogens with one attached hydrogen (secondary N) is 3. The molecule has 1 aromatic heterocycles. The van der Waals surface area contributed by atoms with Gasteiger partial charge in [0.05, 0.1) is 0 Å². The number of terminal acetylenes is 1. The lowest BCUT2D eigenvalue weighted by Gasteiger charge is -2.37. The highest BCUT2D eigenvalue weighted by molar-refractivity contribution is 6.02. The van der Waals surface area contributed by atoms with Crippen LogP contribution in [0.3, 0.4) is 0 Å². The monoisotopic (exact) mass is 503 g/mol. The van der Waals surface area contributed by atoms with E-state index >= 15 is 0 Å². The fraction of sp³-hybridized carbons (Fsp3) is 0.345. The molecule has 0 aliphatic heterocycles. The molecule has 0 bridgehead atoms. The van der Waals surface area contributed by atoms with Gasteiger partial charge in [0.25, 0.3) is 12.3 Å². The number of benzene rings is 2. The first-order chi connectivity index (χ1) is 17.7. The molecular formula is C29H27F2N3O3. The van der Waals surface area contributed by atoms with Gasteiger partial charge in [-0.2, -0.15) is 0 Å². The molecule has 2 fully saturated rings. The second-order valence-electron chi connectivity index (χ2n) is 9.93. The minimum Gasteiger partial charge on any atom is -0.451 e. The van der Waals surface area contributed by atoms with Gasteiger partial charge < -0.3 is 15.1 Å². The number of alkyl halides is 2. The zero-order valence-corrected chi connectivity index (χ0v) is 20.2. The van der Waals surface area contributed by atoms with E-state index in [0.29, 0.717) is 18.4 Å². The summed E-state index contributed by atoms with van der Waals surface area (Å²) in [7, 11) is 0. The van der Waals surface area contributed by atoms with Crippen LogP contribution in [0.1, 0.15) is 61.1 Å². The van der Waals surface area contributed by atoms with E-state index in [4.69, 9.17) is 16.2 Å². The topological polar surface area (TPSA) is 95.2 Å². The Bertz CT molecular complexity index is 1410. The molecule has 0 spiro atoms. The van der Waals surface area contributed by atoms with Crippen molar-refractivity contribution in [2.24, 2.45) is 0 Å². The highest BCUT2D eigenvalue weighted by Gasteiger charge is 2.48. The summed E-state index contributed by atoms with van der Waals surface area (Å²) < 4.78 is 31.5. The molecule has 6 nitrogen and oxygen atoms in total. The number of hydrogen-bond donors (Lipinski definition) is 3. The van der Waals surface area contributed by atoms with Crippen molar-refractivity contribution in [1.82, 2.24) is 10.6 Å². The third-order valence-electron chi connectivity index (χ3n) is 7.36. The maximum absolute atomic E-state index is 13.3. The average molecular weight is 504 g/mol. The highest BCUT2D eigenvalue weighted by atomic mass is 19.3. The molecule has 37 heavy (non-hydrogen) atoms. The lowest BCUT2D eigenvalue weighted by Crippen LogP contribution is -2.61. The van der Waals surface area contributed by atoms with Crippen LogP contribution in [-0.4, -0.2) is 35.0 Å². The Kier molecular flexibility index (Phi) is 6.32. The fourth-order valence-corrected chi connectivity index (χ4v) is 4.90. The number of hydrogen-bond acceptors (Lipinski definition) is 4. The molecule has 190 valence electrons. The lowest BCUT2D eigenvalue weighted by atomic mass is 9.80. The van der Waals surface area contributed by atoms with E-state index in [9.17, 15) is 18.4 Å². The summed E-state index contributed by atoms with van der Waals surface area (Å²) in [6.07, 6.45) is 7.98. The van der Waals surface area contributed by atoms with Crippen molar-refractivity contribution in [3.63, 3.8) is 0 Å². The number of amides is 2. The van der Waals surface area contributed by atoms with Crippen LogP contribution in [0.15, 0.2) is 52.9 Å². The SMILES string of the molecule is C#CC1(NC(=O)C2(NC(=O)c3cc4ccc(-c5ccc(C(=N)C(F)F)cc5)cc4o3)CCCCC2)CC1. The Morgan fingerprint density at radius 3 is 2.24 bits per heavy atom. The summed E-state index contributed by atoms with van der Waals surface area (Å²) in [6.45, 7) is 0. The van der Waals surface area contributed by atoms with Gasteiger partial charge in [-0.05, 0) is 48.9 Å². The zero-order chi connectivity index (χ0) is 26.2. The molecule has 3 aromatic rings. The van der Waals surface area contributed by atoms with Crippen LogP contribution in [0.4, 0.5) is 8.78 Å². The van der Waals surface area contributed by atoms with Gasteiger partial charge in [0, 0.05) is 10.9 Å². The van der Waals surface area contributed by atoms with E-state index in [0.717, 1.165) is 48.6 Å². The van der Waals surface area contributed by atoms with E-state index < -0.39 is 29.1 Å². The molecule has 0 radical (unpaired) electrons. The van der Waals surface area contributed by atoms with Gasteiger partial charge in [-0.1, -0.05) is 61.6 Å². The van der Waals surface area contributed by atoms with Crippen LogP contribution >= 0.6 is 0 Å².